The van der Waals surface area contributed by atoms with Crippen LogP contribution in [0.5, 0.6) is 0 Å². The van der Waals surface area contributed by atoms with Crippen molar-refractivity contribution >= 4 is 23.4 Å². The highest BCUT2D eigenvalue weighted by Gasteiger charge is 2.36. The Balaban J connectivity index is 1.83. The van der Waals surface area contributed by atoms with Crippen LogP contribution in [0.3, 0.4) is 0 Å². The topological polar surface area (TPSA) is 78.5 Å². The first-order valence-corrected chi connectivity index (χ1v) is 10.4. The van der Waals surface area contributed by atoms with Gasteiger partial charge in [-0.25, -0.2) is 0 Å². The summed E-state index contributed by atoms with van der Waals surface area (Å²) in [4.78, 5) is 39.0. The van der Waals surface area contributed by atoms with Crippen molar-refractivity contribution in [2.24, 2.45) is 5.92 Å². The lowest BCUT2D eigenvalue weighted by Crippen LogP contribution is -2.45. The SMILES string of the molecule is CCCC[C@H](CC)C(=O)N(CC(=O)NCC(=O)Nc1cccc(C)c1)C1CC1. The zero-order valence-corrected chi connectivity index (χ0v) is 17.3. The van der Waals surface area contributed by atoms with Gasteiger partial charge >= 0.3 is 0 Å². The van der Waals surface area contributed by atoms with Crippen LogP contribution in [0.15, 0.2) is 24.3 Å². The zero-order valence-electron chi connectivity index (χ0n) is 17.3. The maximum Gasteiger partial charge on any atom is 0.243 e. The molecule has 0 saturated heterocycles. The minimum absolute atomic E-state index is 0.0158. The Kier molecular flexibility index (Phi) is 8.48. The number of nitrogens with zero attached hydrogens (tertiary/aromatic N) is 1. The molecule has 2 N–H and O–H groups in total. The summed E-state index contributed by atoms with van der Waals surface area (Å²) in [6.07, 6.45) is 5.66. The van der Waals surface area contributed by atoms with Gasteiger partial charge in [-0.1, -0.05) is 38.8 Å². The van der Waals surface area contributed by atoms with Gasteiger partial charge in [0, 0.05) is 17.6 Å². The Morgan fingerprint density at radius 3 is 2.54 bits per heavy atom. The van der Waals surface area contributed by atoms with E-state index in [0.29, 0.717) is 5.69 Å². The molecule has 0 aromatic heterocycles. The largest absolute Gasteiger partial charge is 0.345 e. The fourth-order valence-electron chi connectivity index (χ4n) is 3.28. The first-order chi connectivity index (χ1) is 13.4. The van der Waals surface area contributed by atoms with Gasteiger partial charge in [-0.15, -0.1) is 0 Å². The average Bonchev–Trinajstić information content (AvgIpc) is 3.50. The van der Waals surface area contributed by atoms with E-state index in [2.05, 4.69) is 17.6 Å². The summed E-state index contributed by atoms with van der Waals surface area (Å²) in [6.45, 7) is 6.02. The van der Waals surface area contributed by atoms with E-state index in [9.17, 15) is 14.4 Å². The first kappa shape index (κ1) is 21.9. The normalized spacial score (nSPS) is 14.2. The summed E-state index contributed by atoms with van der Waals surface area (Å²) in [5, 5.41) is 5.41. The smallest absolute Gasteiger partial charge is 0.243 e. The molecular weight excluding hydrogens is 354 g/mol. The minimum atomic E-state index is -0.287. The average molecular weight is 388 g/mol. The van der Waals surface area contributed by atoms with E-state index in [-0.39, 0.29) is 42.8 Å². The van der Waals surface area contributed by atoms with Crippen LogP contribution in [0.2, 0.25) is 0 Å². The predicted molar refractivity (Wildman–Crippen MR) is 111 cm³/mol. The number of rotatable bonds is 11. The van der Waals surface area contributed by atoms with E-state index in [4.69, 9.17) is 0 Å². The fourth-order valence-corrected chi connectivity index (χ4v) is 3.28. The monoisotopic (exact) mass is 387 g/mol. The Bertz CT molecular complexity index is 685. The first-order valence-electron chi connectivity index (χ1n) is 10.4. The quantitative estimate of drug-likeness (QED) is 0.612. The maximum atomic E-state index is 12.9. The molecule has 1 atom stereocenters. The molecule has 28 heavy (non-hydrogen) atoms. The Morgan fingerprint density at radius 2 is 1.93 bits per heavy atom. The molecule has 154 valence electrons. The molecule has 0 unspecified atom stereocenters. The third kappa shape index (κ3) is 6.98. The van der Waals surface area contributed by atoms with Gasteiger partial charge in [0.1, 0.15) is 0 Å². The summed E-state index contributed by atoms with van der Waals surface area (Å²) < 4.78 is 0. The van der Waals surface area contributed by atoms with Crippen molar-refractivity contribution in [2.45, 2.75) is 65.3 Å². The van der Waals surface area contributed by atoms with Gasteiger partial charge in [-0.3, -0.25) is 14.4 Å². The Labute approximate surface area is 168 Å². The van der Waals surface area contributed by atoms with E-state index in [1.54, 1.807) is 11.0 Å². The molecule has 3 amide bonds. The van der Waals surface area contributed by atoms with Gasteiger partial charge < -0.3 is 15.5 Å². The van der Waals surface area contributed by atoms with Crippen molar-refractivity contribution < 1.29 is 14.4 Å². The molecule has 0 aliphatic heterocycles. The maximum absolute atomic E-state index is 12.9. The third-order valence-electron chi connectivity index (χ3n) is 5.08. The van der Waals surface area contributed by atoms with Crippen LogP contribution in [0.4, 0.5) is 5.69 Å². The van der Waals surface area contributed by atoms with Crippen LogP contribution in [0.25, 0.3) is 0 Å². The molecule has 0 spiro atoms. The van der Waals surface area contributed by atoms with Crippen LogP contribution >= 0.6 is 0 Å². The summed E-state index contributed by atoms with van der Waals surface area (Å²) in [5.41, 5.74) is 1.75. The number of anilines is 1. The van der Waals surface area contributed by atoms with Crippen molar-refractivity contribution in [3.63, 3.8) is 0 Å². The van der Waals surface area contributed by atoms with E-state index >= 15 is 0 Å². The number of hydrogen-bond donors (Lipinski definition) is 2. The highest BCUT2D eigenvalue weighted by molar-refractivity contribution is 5.95. The lowest BCUT2D eigenvalue weighted by Gasteiger charge is -2.26. The highest BCUT2D eigenvalue weighted by atomic mass is 16.2. The molecule has 6 nitrogen and oxygen atoms in total. The standard InChI is InChI=1S/C22H33N3O3/c1-4-6-9-17(5-2)22(28)25(19-11-12-19)15-21(27)23-14-20(26)24-18-10-7-8-16(3)13-18/h7-8,10,13,17,19H,4-6,9,11-12,14-15H2,1-3H3,(H,23,27)(H,24,26)/t17-/m0/s1. The van der Waals surface area contributed by atoms with E-state index in [1.807, 2.05) is 32.0 Å². The number of hydrogen-bond acceptors (Lipinski definition) is 3. The molecule has 0 bridgehead atoms. The summed E-state index contributed by atoms with van der Waals surface area (Å²) >= 11 is 0. The van der Waals surface area contributed by atoms with Gasteiger partial charge in [0.2, 0.25) is 17.7 Å². The fraction of sp³-hybridized carbons (Fsp3) is 0.591. The van der Waals surface area contributed by atoms with Crippen LogP contribution in [0, 0.1) is 12.8 Å². The summed E-state index contributed by atoms with van der Waals surface area (Å²) in [7, 11) is 0. The number of carbonyl (C=O) groups is 3. The second-order valence-electron chi connectivity index (χ2n) is 7.64. The molecular formula is C22H33N3O3. The molecule has 1 aliphatic rings. The van der Waals surface area contributed by atoms with Crippen molar-refractivity contribution in [1.82, 2.24) is 10.2 Å². The predicted octanol–water partition coefficient (Wildman–Crippen LogP) is 3.26. The molecule has 1 aliphatic carbocycles. The second kappa shape index (κ2) is 10.8. The van der Waals surface area contributed by atoms with Crippen molar-refractivity contribution in [2.75, 3.05) is 18.4 Å². The lowest BCUT2D eigenvalue weighted by atomic mass is 9.97. The zero-order chi connectivity index (χ0) is 20.5. The molecule has 1 aromatic rings. The van der Waals surface area contributed by atoms with E-state index < -0.39 is 0 Å². The van der Waals surface area contributed by atoms with Crippen LogP contribution in [-0.2, 0) is 14.4 Å². The molecule has 0 heterocycles. The van der Waals surface area contributed by atoms with E-state index in [1.165, 1.54) is 0 Å². The molecule has 1 saturated carbocycles. The van der Waals surface area contributed by atoms with Gasteiger partial charge in [0.05, 0.1) is 13.1 Å². The Morgan fingerprint density at radius 1 is 1.18 bits per heavy atom. The number of aryl methyl sites for hydroxylation is 1. The molecule has 0 radical (unpaired) electrons. The van der Waals surface area contributed by atoms with Gasteiger partial charge in [-0.2, -0.15) is 0 Å². The van der Waals surface area contributed by atoms with Gasteiger partial charge in [-0.05, 0) is 50.3 Å². The summed E-state index contributed by atoms with van der Waals surface area (Å²) in [6, 6.07) is 7.67. The number of carbonyl (C=O) groups excluding carboxylic acids is 3. The number of nitrogens with one attached hydrogen (secondary N) is 2. The van der Waals surface area contributed by atoms with Crippen molar-refractivity contribution in [3.05, 3.63) is 29.8 Å². The number of benzene rings is 1. The molecule has 1 fully saturated rings. The van der Waals surface area contributed by atoms with Gasteiger partial charge in [0.15, 0.2) is 0 Å². The van der Waals surface area contributed by atoms with Crippen molar-refractivity contribution in [1.29, 1.82) is 0 Å². The minimum Gasteiger partial charge on any atom is -0.345 e. The summed E-state index contributed by atoms with van der Waals surface area (Å²) in [5.74, 6) is -0.501. The van der Waals surface area contributed by atoms with Crippen LogP contribution in [0.1, 0.15) is 57.9 Å². The number of amides is 3. The highest BCUT2D eigenvalue weighted by Crippen LogP contribution is 2.29. The molecule has 1 aromatic carbocycles. The molecule has 6 heteroatoms. The second-order valence-corrected chi connectivity index (χ2v) is 7.64. The third-order valence-corrected chi connectivity index (χ3v) is 5.08. The number of unbranched alkanes of at least 4 members (excludes halogenated alkanes) is 1. The van der Waals surface area contributed by atoms with Crippen LogP contribution < -0.4 is 10.6 Å². The Hall–Kier alpha value is -2.37. The van der Waals surface area contributed by atoms with Crippen LogP contribution in [-0.4, -0.2) is 41.8 Å². The van der Waals surface area contributed by atoms with Gasteiger partial charge in [0.25, 0.3) is 0 Å². The van der Waals surface area contributed by atoms with Crippen molar-refractivity contribution in [3.8, 4) is 0 Å². The lowest BCUT2D eigenvalue weighted by molar-refractivity contribution is -0.140. The van der Waals surface area contributed by atoms with E-state index in [0.717, 1.165) is 44.1 Å². The molecule has 2 rings (SSSR count).